The Morgan fingerprint density at radius 1 is 1.43 bits per heavy atom. The van der Waals surface area contributed by atoms with Gasteiger partial charge in [-0.2, -0.15) is 4.98 Å². The lowest BCUT2D eigenvalue weighted by Gasteiger charge is -2.17. The van der Waals surface area contributed by atoms with Crippen molar-refractivity contribution in [3.8, 4) is 0 Å². The molecule has 2 rings (SSSR count). The third-order valence-electron chi connectivity index (χ3n) is 3.95. The molecule has 0 radical (unpaired) electrons. The van der Waals surface area contributed by atoms with Gasteiger partial charge in [0.2, 0.25) is 0 Å². The molecule has 116 valence electrons. The number of carboxylic acid groups (broad SMARTS) is 1. The van der Waals surface area contributed by atoms with Crippen molar-refractivity contribution < 1.29 is 18.3 Å². The summed E-state index contributed by atoms with van der Waals surface area (Å²) in [5.74, 6) is -0.867. The van der Waals surface area contributed by atoms with Crippen molar-refractivity contribution in [2.75, 3.05) is 5.75 Å². The fourth-order valence-corrected chi connectivity index (χ4v) is 4.53. The van der Waals surface area contributed by atoms with Gasteiger partial charge in [0.25, 0.3) is 0 Å². The van der Waals surface area contributed by atoms with Gasteiger partial charge in [-0.15, -0.1) is 0 Å². The number of carbonyl (C=O) groups is 1. The molecule has 1 unspecified atom stereocenters. The quantitative estimate of drug-likeness (QED) is 0.842. The molecule has 0 bridgehead atoms. The molecule has 1 aromatic rings. The fraction of sp³-hybridized carbons (Fsp3) is 0.615. The SMILES string of the molecule is Cc1nc(=O)n(CC2CCCS2(=O)=O)c(C)c1CC(=O)O. The second-order valence-corrected chi connectivity index (χ2v) is 7.76. The first-order chi connectivity index (χ1) is 9.72. The molecule has 1 aliphatic rings. The van der Waals surface area contributed by atoms with E-state index in [0.717, 1.165) is 0 Å². The van der Waals surface area contributed by atoms with Gasteiger partial charge in [0.1, 0.15) is 0 Å². The van der Waals surface area contributed by atoms with Crippen molar-refractivity contribution in [2.24, 2.45) is 0 Å². The zero-order valence-corrected chi connectivity index (χ0v) is 12.8. The standard InChI is InChI=1S/C13H18N2O5S/c1-8-11(6-12(16)17)9(2)15(13(18)14-8)7-10-4-3-5-21(10,19)20/h10H,3-7H2,1-2H3,(H,16,17). The number of hydrogen-bond acceptors (Lipinski definition) is 5. The van der Waals surface area contributed by atoms with Gasteiger partial charge in [0.15, 0.2) is 9.84 Å². The molecular formula is C13H18N2O5S. The second-order valence-electron chi connectivity index (χ2n) is 5.36. The minimum Gasteiger partial charge on any atom is -0.481 e. The van der Waals surface area contributed by atoms with E-state index in [0.29, 0.717) is 29.8 Å². The Labute approximate surface area is 122 Å². The topological polar surface area (TPSA) is 106 Å². The molecule has 0 aromatic carbocycles. The van der Waals surface area contributed by atoms with E-state index in [1.54, 1.807) is 13.8 Å². The summed E-state index contributed by atoms with van der Waals surface area (Å²) in [4.78, 5) is 26.7. The van der Waals surface area contributed by atoms with Gasteiger partial charge in [-0.25, -0.2) is 13.2 Å². The van der Waals surface area contributed by atoms with Gasteiger partial charge in [-0.3, -0.25) is 9.36 Å². The molecule has 1 atom stereocenters. The van der Waals surface area contributed by atoms with Crippen molar-refractivity contribution in [1.29, 1.82) is 0 Å². The molecule has 0 saturated carbocycles. The predicted octanol–water partition coefficient (Wildman–Crippen LogP) is 0.0644. The highest BCUT2D eigenvalue weighted by Crippen LogP contribution is 2.22. The summed E-state index contributed by atoms with van der Waals surface area (Å²) in [7, 11) is -3.17. The molecule has 0 aliphatic carbocycles. The summed E-state index contributed by atoms with van der Waals surface area (Å²) < 4.78 is 25.1. The van der Waals surface area contributed by atoms with E-state index in [9.17, 15) is 18.0 Å². The summed E-state index contributed by atoms with van der Waals surface area (Å²) in [6, 6.07) is 0. The van der Waals surface area contributed by atoms with E-state index in [1.165, 1.54) is 4.57 Å². The average Bonchev–Trinajstić information content (AvgIpc) is 2.69. The Balaban J connectivity index is 2.44. The third-order valence-corrected chi connectivity index (χ3v) is 6.21. The summed E-state index contributed by atoms with van der Waals surface area (Å²) in [6.07, 6.45) is 0.890. The molecule has 21 heavy (non-hydrogen) atoms. The lowest BCUT2D eigenvalue weighted by molar-refractivity contribution is -0.136. The number of carboxylic acids is 1. The van der Waals surface area contributed by atoms with Crippen LogP contribution in [-0.2, 0) is 27.6 Å². The predicted molar refractivity (Wildman–Crippen MR) is 76.1 cm³/mol. The number of aromatic nitrogens is 2. The number of aliphatic carboxylic acids is 1. The molecule has 0 amide bonds. The van der Waals surface area contributed by atoms with Crippen LogP contribution >= 0.6 is 0 Å². The molecule has 1 aromatic heterocycles. The maximum Gasteiger partial charge on any atom is 0.348 e. The van der Waals surface area contributed by atoms with Crippen molar-refractivity contribution in [3.63, 3.8) is 0 Å². The smallest absolute Gasteiger partial charge is 0.348 e. The van der Waals surface area contributed by atoms with Crippen molar-refractivity contribution in [1.82, 2.24) is 9.55 Å². The van der Waals surface area contributed by atoms with Crippen LogP contribution in [0.25, 0.3) is 0 Å². The van der Waals surface area contributed by atoms with Crippen molar-refractivity contribution >= 4 is 15.8 Å². The van der Waals surface area contributed by atoms with Gasteiger partial charge in [0.05, 0.1) is 17.4 Å². The Kier molecular flexibility index (Phi) is 4.18. The van der Waals surface area contributed by atoms with Gasteiger partial charge >= 0.3 is 11.7 Å². The minimum absolute atomic E-state index is 0.0485. The van der Waals surface area contributed by atoms with E-state index >= 15 is 0 Å². The highest BCUT2D eigenvalue weighted by molar-refractivity contribution is 7.92. The summed E-state index contributed by atoms with van der Waals surface area (Å²) in [5.41, 5.74) is 0.807. The number of aryl methyl sites for hydroxylation is 1. The van der Waals surface area contributed by atoms with Gasteiger partial charge < -0.3 is 5.11 Å². The molecule has 1 saturated heterocycles. The first kappa shape index (κ1) is 15.7. The maximum absolute atomic E-state index is 12.0. The van der Waals surface area contributed by atoms with Crippen LogP contribution in [0.1, 0.15) is 29.8 Å². The highest BCUT2D eigenvalue weighted by Gasteiger charge is 2.32. The van der Waals surface area contributed by atoms with E-state index in [1.807, 2.05) is 0 Å². The number of rotatable bonds is 4. The van der Waals surface area contributed by atoms with Crippen LogP contribution < -0.4 is 5.69 Å². The molecule has 0 spiro atoms. The summed E-state index contributed by atoms with van der Waals surface area (Å²) in [5, 5.41) is 8.35. The maximum atomic E-state index is 12.0. The molecule has 1 N–H and O–H groups in total. The van der Waals surface area contributed by atoms with Crippen LogP contribution in [-0.4, -0.2) is 40.0 Å². The molecule has 7 nitrogen and oxygen atoms in total. The molecule has 1 aliphatic heterocycles. The Morgan fingerprint density at radius 2 is 2.10 bits per heavy atom. The number of sulfone groups is 1. The van der Waals surface area contributed by atoms with E-state index in [2.05, 4.69) is 4.98 Å². The second kappa shape index (κ2) is 5.59. The van der Waals surface area contributed by atoms with Crippen LogP contribution in [0.2, 0.25) is 0 Å². The highest BCUT2D eigenvalue weighted by atomic mass is 32.2. The molecule has 2 heterocycles. The van der Waals surface area contributed by atoms with E-state index in [-0.39, 0.29) is 18.7 Å². The van der Waals surface area contributed by atoms with Crippen LogP contribution in [0.5, 0.6) is 0 Å². The van der Waals surface area contributed by atoms with Gasteiger partial charge in [0, 0.05) is 23.5 Å². The lowest BCUT2D eigenvalue weighted by atomic mass is 10.1. The van der Waals surface area contributed by atoms with Crippen LogP contribution in [0.4, 0.5) is 0 Å². The normalized spacial score (nSPS) is 20.6. The molecule has 8 heteroatoms. The van der Waals surface area contributed by atoms with Crippen molar-refractivity contribution in [2.45, 2.75) is 44.9 Å². The fourth-order valence-electron chi connectivity index (χ4n) is 2.73. The monoisotopic (exact) mass is 314 g/mol. The molecule has 1 fully saturated rings. The zero-order chi connectivity index (χ0) is 15.8. The van der Waals surface area contributed by atoms with Gasteiger partial charge in [-0.05, 0) is 26.7 Å². The Morgan fingerprint density at radius 3 is 2.62 bits per heavy atom. The largest absolute Gasteiger partial charge is 0.481 e. The first-order valence-electron chi connectivity index (χ1n) is 6.72. The summed E-state index contributed by atoms with van der Waals surface area (Å²) in [6.45, 7) is 3.27. The molecular weight excluding hydrogens is 296 g/mol. The lowest BCUT2D eigenvalue weighted by Crippen LogP contribution is -2.34. The first-order valence-corrected chi connectivity index (χ1v) is 8.44. The Hall–Kier alpha value is -1.70. The van der Waals surface area contributed by atoms with Crippen LogP contribution in [0, 0.1) is 13.8 Å². The average molecular weight is 314 g/mol. The Bertz CT molecular complexity index is 736. The van der Waals surface area contributed by atoms with Crippen molar-refractivity contribution in [3.05, 3.63) is 27.4 Å². The van der Waals surface area contributed by atoms with Gasteiger partial charge in [-0.1, -0.05) is 0 Å². The van der Waals surface area contributed by atoms with Crippen LogP contribution in [0.3, 0.4) is 0 Å². The minimum atomic E-state index is -3.17. The van der Waals surface area contributed by atoms with Crippen LogP contribution in [0.15, 0.2) is 4.79 Å². The third kappa shape index (κ3) is 3.15. The zero-order valence-electron chi connectivity index (χ0n) is 12.0. The van der Waals surface area contributed by atoms with E-state index in [4.69, 9.17) is 5.11 Å². The number of hydrogen-bond donors (Lipinski definition) is 1. The number of nitrogens with zero attached hydrogens (tertiary/aromatic N) is 2. The van der Waals surface area contributed by atoms with E-state index < -0.39 is 26.7 Å². The summed E-state index contributed by atoms with van der Waals surface area (Å²) >= 11 is 0.